The second kappa shape index (κ2) is 6.11. The number of halogens is 1. The minimum atomic E-state index is -0.649. The first-order chi connectivity index (χ1) is 9.55. The van der Waals surface area contributed by atoms with Gasteiger partial charge in [-0.05, 0) is 30.7 Å². The highest BCUT2D eigenvalue weighted by atomic mass is 35.5. The van der Waals surface area contributed by atoms with Crippen molar-refractivity contribution >= 4 is 17.5 Å². The van der Waals surface area contributed by atoms with Crippen LogP contribution in [0.15, 0.2) is 47.3 Å². The maximum atomic E-state index is 11.9. The number of amides is 1. The van der Waals surface area contributed by atoms with Crippen LogP contribution in [0.5, 0.6) is 0 Å². The van der Waals surface area contributed by atoms with Gasteiger partial charge in [0.25, 0.3) is 5.91 Å². The number of hydrogen-bond acceptors (Lipinski definition) is 3. The number of rotatable bonds is 5. The summed E-state index contributed by atoms with van der Waals surface area (Å²) in [5.74, 6) is -0.205. The predicted octanol–water partition coefficient (Wildman–Crippen LogP) is 3.22. The molecule has 0 saturated heterocycles. The summed E-state index contributed by atoms with van der Waals surface area (Å²) >= 11 is 6.00. The summed E-state index contributed by atoms with van der Waals surface area (Å²) in [5.41, 5.74) is 0.735. The molecule has 0 aliphatic heterocycles. The standard InChI is InChI=1S/C15H16ClNO3/c1-15(19-2,12-4-3-5-13(16)8-12)10-17-14(18)11-6-7-20-9-11/h3-9H,10H2,1-2H3,(H,17,18)/t15-/m1/s1. The zero-order valence-electron chi connectivity index (χ0n) is 11.4. The lowest BCUT2D eigenvalue weighted by atomic mass is 9.95. The maximum Gasteiger partial charge on any atom is 0.254 e. The topological polar surface area (TPSA) is 51.5 Å². The first-order valence-electron chi connectivity index (χ1n) is 6.17. The molecule has 1 heterocycles. The summed E-state index contributed by atoms with van der Waals surface area (Å²) in [6.07, 6.45) is 2.86. The van der Waals surface area contributed by atoms with Crippen LogP contribution in [0.3, 0.4) is 0 Å². The van der Waals surface area contributed by atoms with Crippen molar-refractivity contribution in [3.63, 3.8) is 0 Å². The molecule has 0 radical (unpaired) electrons. The number of ether oxygens (including phenoxy) is 1. The maximum absolute atomic E-state index is 11.9. The SMILES string of the molecule is CO[C@](C)(CNC(=O)c1ccoc1)c1cccc(Cl)c1. The molecule has 4 nitrogen and oxygen atoms in total. The Hall–Kier alpha value is -1.78. The molecule has 106 valence electrons. The van der Waals surface area contributed by atoms with Crippen molar-refractivity contribution in [1.82, 2.24) is 5.32 Å². The van der Waals surface area contributed by atoms with E-state index >= 15 is 0 Å². The van der Waals surface area contributed by atoms with Crippen molar-refractivity contribution in [2.45, 2.75) is 12.5 Å². The van der Waals surface area contributed by atoms with Crippen molar-refractivity contribution in [2.75, 3.05) is 13.7 Å². The smallest absolute Gasteiger partial charge is 0.254 e. The van der Waals surface area contributed by atoms with Crippen LogP contribution >= 0.6 is 11.6 Å². The van der Waals surface area contributed by atoms with E-state index in [1.165, 1.54) is 12.5 Å². The van der Waals surface area contributed by atoms with Gasteiger partial charge in [-0.25, -0.2) is 0 Å². The second-order valence-electron chi connectivity index (χ2n) is 4.64. The van der Waals surface area contributed by atoms with Crippen LogP contribution in [0.2, 0.25) is 5.02 Å². The van der Waals surface area contributed by atoms with E-state index in [2.05, 4.69) is 5.32 Å². The van der Waals surface area contributed by atoms with Gasteiger partial charge in [0.1, 0.15) is 11.9 Å². The average Bonchev–Trinajstić information content (AvgIpc) is 2.98. The minimum Gasteiger partial charge on any atom is -0.472 e. The van der Waals surface area contributed by atoms with Crippen LogP contribution < -0.4 is 5.32 Å². The number of methoxy groups -OCH3 is 1. The molecule has 5 heteroatoms. The average molecular weight is 294 g/mol. The van der Waals surface area contributed by atoms with E-state index in [0.717, 1.165) is 5.56 Å². The van der Waals surface area contributed by atoms with E-state index in [9.17, 15) is 4.79 Å². The van der Waals surface area contributed by atoms with Crippen molar-refractivity contribution < 1.29 is 13.9 Å². The molecule has 1 aromatic heterocycles. The van der Waals surface area contributed by atoms with Gasteiger partial charge < -0.3 is 14.5 Å². The van der Waals surface area contributed by atoms with Crippen LogP contribution in [0.4, 0.5) is 0 Å². The van der Waals surface area contributed by atoms with Crippen LogP contribution in [-0.2, 0) is 10.3 Å². The molecule has 0 spiro atoms. The first kappa shape index (κ1) is 14.6. The summed E-state index contributed by atoms with van der Waals surface area (Å²) < 4.78 is 10.4. The molecule has 2 rings (SSSR count). The van der Waals surface area contributed by atoms with Crippen LogP contribution in [0.25, 0.3) is 0 Å². The van der Waals surface area contributed by atoms with E-state index in [-0.39, 0.29) is 5.91 Å². The third kappa shape index (κ3) is 3.21. The number of nitrogens with one attached hydrogen (secondary N) is 1. The van der Waals surface area contributed by atoms with Gasteiger partial charge >= 0.3 is 0 Å². The van der Waals surface area contributed by atoms with Crippen LogP contribution in [0, 0.1) is 0 Å². The largest absolute Gasteiger partial charge is 0.472 e. The van der Waals surface area contributed by atoms with E-state index in [4.69, 9.17) is 20.8 Å². The number of furan rings is 1. The van der Waals surface area contributed by atoms with Crippen molar-refractivity contribution in [3.8, 4) is 0 Å². The zero-order valence-corrected chi connectivity index (χ0v) is 12.1. The normalized spacial score (nSPS) is 13.8. The Kier molecular flexibility index (Phi) is 4.47. The fourth-order valence-electron chi connectivity index (χ4n) is 1.85. The molecule has 0 bridgehead atoms. The van der Waals surface area contributed by atoms with Crippen molar-refractivity contribution in [2.24, 2.45) is 0 Å². The van der Waals surface area contributed by atoms with E-state index in [1.54, 1.807) is 19.2 Å². The van der Waals surface area contributed by atoms with Gasteiger partial charge in [-0.3, -0.25) is 4.79 Å². The molecule has 0 aliphatic carbocycles. The molecule has 0 aliphatic rings. The number of hydrogen-bond donors (Lipinski definition) is 1. The fraction of sp³-hybridized carbons (Fsp3) is 0.267. The number of benzene rings is 1. The predicted molar refractivity (Wildman–Crippen MR) is 76.9 cm³/mol. The molecule has 1 N–H and O–H groups in total. The summed E-state index contributed by atoms with van der Waals surface area (Å²) in [6, 6.07) is 9.01. The Morgan fingerprint density at radius 3 is 2.85 bits per heavy atom. The molecule has 0 unspecified atom stereocenters. The summed E-state index contributed by atoms with van der Waals surface area (Å²) in [6.45, 7) is 2.22. The number of carbonyl (C=O) groups excluding carboxylic acids is 1. The zero-order chi connectivity index (χ0) is 14.6. The van der Waals surface area contributed by atoms with E-state index in [0.29, 0.717) is 17.1 Å². The molecular formula is C15H16ClNO3. The molecule has 1 amide bonds. The van der Waals surface area contributed by atoms with Crippen molar-refractivity contribution in [1.29, 1.82) is 0 Å². The fourth-order valence-corrected chi connectivity index (χ4v) is 2.04. The monoisotopic (exact) mass is 293 g/mol. The van der Waals surface area contributed by atoms with Gasteiger partial charge in [0.15, 0.2) is 0 Å². The first-order valence-corrected chi connectivity index (χ1v) is 6.54. The molecule has 0 fully saturated rings. The lowest BCUT2D eigenvalue weighted by Gasteiger charge is -2.29. The summed E-state index contributed by atoms with van der Waals surface area (Å²) in [7, 11) is 1.60. The van der Waals surface area contributed by atoms with Gasteiger partial charge in [-0.2, -0.15) is 0 Å². The Labute approximate surface area is 122 Å². The third-order valence-corrected chi connectivity index (χ3v) is 3.49. The molecule has 1 aromatic carbocycles. The molecule has 0 saturated carbocycles. The Morgan fingerprint density at radius 2 is 2.25 bits per heavy atom. The number of carbonyl (C=O) groups is 1. The van der Waals surface area contributed by atoms with Gasteiger partial charge in [0.05, 0.1) is 18.4 Å². The highest BCUT2D eigenvalue weighted by Gasteiger charge is 2.27. The minimum absolute atomic E-state index is 0.205. The van der Waals surface area contributed by atoms with E-state index in [1.807, 2.05) is 25.1 Å². The molecule has 1 atom stereocenters. The van der Waals surface area contributed by atoms with Crippen LogP contribution in [-0.4, -0.2) is 19.6 Å². The Balaban J connectivity index is 2.10. The van der Waals surface area contributed by atoms with Gasteiger partial charge in [-0.15, -0.1) is 0 Å². The highest BCUT2D eigenvalue weighted by Crippen LogP contribution is 2.26. The highest BCUT2D eigenvalue weighted by molar-refractivity contribution is 6.30. The summed E-state index contributed by atoms with van der Waals surface area (Å²) in [5, 5.41) is 3.46. The van der Waals surface area contributed by atoms with Gasteiger partial charge in [0.2, 0.25) is 0 Å². The Morgan fingerprint density at radius 1 is 1.45 bits per heavy atom. The van der Waals surface area contributed by atoms with Crippen molar-refractivity contribution in [3.05, 3.63) is 59.0 Å². The quantitative estimate of drug-likeness (QED) is 0.921. The molecule has 2 aromatic rings. The summed E-state index contributed by atoms with van der Waals surface area (Å²) in [4.78, 5) is 11.9. The van der Waals surface area contributed by atoms with E-state index < -0.39 is 5.60 Å². The van der Waals surface area contributed by atoms with Gasteiger partial charge in [0, 0.05) is 12.1 Å². The third-order valence-electron chi connectivity index (χ3n) is 3.26. The second-order valence-corrected chi connectivity index (χ2v) is 5.08. The molecular weight excluding hydrogens is 278 g/mol. The van der Waals surface area contributed by atoms with Gasteiger partial charge in [-0.1, -0.05) is 23.7 Å². The lowest BCUT2D eigenvalue weighted by Crippen LogP contribution is -2.40. The lowest BCUT2D eigenvalue weighted by molar-refractivity contribution is 0.00315. The molecule has 20 heavy (non-hydrogen) atoms. The van der Waals surface area contributed by atoms with Crippen LogP contribution in [0.1, 0.15) is 22.8 Å². The Bertz CT molecular complexity index is 583.